The fraction of sp³-hybridized carbons (Fsp3) is 0.474. The van der Waals surface area contributed by atoms with Crippen molar-refractivity contribution in [3.63, 3.8) is 0 Å². The van der Waals surface area contributed by atoms with E-state index in [-0.39, 0.29) is 17.9 Å². The molecule has 0 radical (unpaired) electrons. The molecule has 1 unspecified atom stereocenters. The van der Waals surface area contributed by atoms with Gasteiger partial charge < -0.3 is 10.1 Å². The molecule has 1 atom stereocenters. The molecule has 0 bridgehead atoms. The molecule has 2 heterocycles. The van der Waals surface area contributed by atoms with Crippen molar-refractivity contribution in [3.05, 3.63) is 51.8 Å². The zero-order valence-electron chi connectivity index (χ0n) is 15.2. The molecule has 1 aromatic heterocycles. The van der Waals surface area contributed by atoms with Crippen molar-refractivity contribution in [2.75, 3.05) is 32.8 Å². The predicted octanol–water partition coefficient (Wildman–Crippen LogP) is 3.10. The first kappa shape index (κ1) is 19.1. The topological polar surface area (TPSA) is 70.2 Å². The number of aromatic nitrogens is 2. The van der Waals surface area contributed by atoms with Crippen LogP contribution >= 0.6 is 15.9 Å². The smallest absolute Gasteiger partial charge is 0.273 e. The largest absolute Gasteiger partial charge is 0.379 e. The van der Waals surface area contributed by atoms with E-state index in [1.165, 1.54) is 5.56 Å². The predicted molar refractivity (Wildman–Crippen MR) is 104 cm³/mol. The third kappa shape index (κ3) is 4.34. The molecule has 1 saturated heterocycles. The molecule has 2 N–H and O–H groups in total. The highest BCUT2D eigenvalue weighted by molar-refractivity contribution is 9.10. The number of nitrogens with one attached hydrogen (secondary N) is 2. The molecule has 7 heteroatoms. The highest BCUT2D eigenvalue weighted by Gasteiger charge is 2.25. The zero-order chi connectivity index (χ0) is 18.5. The van der Waals surface area contributed by atoms with E-state index < -0.39 is 0 Å². The minimum Gasteiger partial charge on any atom is -0.379 e. The van der Waals surface area contributed by atoms with Crippen LogP contribution in [0.15, 0.2) is 34.8 Å². The maximum atomic E-state index is 12.7. The molecule has 1 amide bonds. The zero-order valence-corrected chi connectivity index (χ0v) is 16.8. The Balaban J connectivity index is 1.72. The summed E-state index contributed by atoms with van der Waals surface area (Å²) in [7, 11) is 0. The summed E-state index contributed by atoms with van der Waals surface area (Å²) in [5.41, 5.74) is 2.53. The van der Waals surface area contributed by atoms with Gasteiger partial charge >= 0.3 is 0 Å². The van der Waals surface area contributed by atoms with Crippen molar-refractivity contribution in [3.8, 4) is 0 Å². The highest BCUT2D eigenvalue weighted by atomic mass is 79.9. The van der Waals surface area contributed by atoms with Crippen LogP contribution in [0.1, 0.15) is 47.6 Å². The van der Waals surface area contributed by atoms with Gasteiger partial charge in [0.2, 0.25) is 0 Å². The number of rotatable bonds is 6. The van der Waals surface area contributed by atoms with Crippen molar-refractivity contribution in [2.24, 2.45) is 0 Å². The number of aromatic amines is 1. The molecule has 1 fully saturated rings. The Hall–Kier alpha value is -1.70. The summed E-state index contributed by atoms with van der Waals surface area (Å²) in [6.45, 7) is 7.81. The standard InChI is InChI=1S/C19H25BrN4O2/c1-13(2)17-16(20)18(23-22-17)19(25)21-12-15(14-6-4-3-5-7-14)24-8-10-26-11-9-24/h3-7,13,15H,8-12H2,1-2H3,(H,21,25)(H,22,23). The molecule has 1 aromatic carbocycles. The van der Waals surface area contributed by atoms with Crippen LogP contribution in [-0.2, 0) is 4.74 Å². The average Bonchev–Trinajstić information content (AvgIpc) is 3.05. The van der Waals surface area contributed by atoms with Crippen molar-refractivity contribution in [1.29, 1.82) is 0 Å². The Bertz CT molecular complexity index is 726. The number of morpholine rings is 1. The van der Waals surface area contributed by atoms with E-state index in [1.807, 2.05) is 18.2 Å². The quantitative estimate of drug-likeness (QED) is 0.752. The minimum absolute atomic E-state index is 0.117. The van der Waals surface area contributed by atoms with Crippen molar-refractivity contribution < 1.29 is 9.53 Å². The van der Waals surface area contributed by atoms with Gasteiger partial charge in [0.15, 0.2) is 5.69 Å². The summed E-state index contributed by atoms with van der Waals surface area (Å²) in [5.74, 6) is 0.0954. The van der Waals surface area contributed by atoms with Crippen LogP contribution in [0.4, 0.5) is 0 Å². The normalized spacial score (nSPS) is 16.6. The van der Waals surface area contributed by atoms with Gasteiger partial charge in [0.1, 0.15) is 0 Å². The van der Waals surface area contributed by atoms with Crippen molar-refractivity contribution in [1.82, 2.24) is 20.4 Å². The summed E-state index contributed by atoms with van der Waals surface area (Å²) in [6, 6.07) is 10.4. The number of carbonyl (C=O) groups is 1. The SMILES string of the molecule is CC(C)c1[nH]nc(C(=O)NCC(c2ccccc2)N2CCOCC2)c1Br. The number of ether oxygens (including phenoxy) is 1. The molecule has 3 rings (SSSR count). The maximum absolute atomic E-state index is 12.7. The number of benzene rings is 1. The Morgan fingerprint density at radius 1 is 1.31 bits per heavy atom. The van der Waals surface area contributed by atoms with E-state index in [2.05, 4.69) is 62.3 Å². The van der Waals surface area contributed by atoms with E-state index >= 15 is 0 Å². The molecule has 26 heavy (non-hydrogen) atoms. The van der Waals surface area contributed by atoms with Crippen molar-refractivity contribution >= 4 is 21.8 Å². The van der Waals surface area contributed by atoms with E-state index in [0.29, 0.717) is 12.2 Å². The van der Waals surface area contributed by atoms with E-state index in [9.17, 15) is 4.79 Å². The van der Waals surface area contributed by atoms with E-state index in [0.717, 1.165) is 36.5 Å². The number of halogens is 1. The first-order valence-corrected chi connectivity index (χ1v) is 9.76. The molecule has 0 aliphatic carbocycles. The number of H-pyrrole nitrogens is 1. The highest BCUT2D eigenvalue weighted by Crippen LogP contribution is 2.26. The second-order valence-electron chi connectivity index (χ2n) is 6.74. The van der Waals surface area contributed by atoms with Gasteiger partial charge in [-0.15, -0.1) is 0 Å². The lowest BCUT2D eigenvalue weighted by Gasteiger charge is -2.34. The van der Waals surface area contributed by atoms with Crippen LogP contribution in [0, 0.1) is 0 Å². The fourth-order valence-corrected chi connectivity index (χ4v) is 3.99. The molecule has 0 saturated carbocycles. The van der Waals surface area contributed by atoms with E-state index in [4.69, 9.17) is 4.74 Å². The Labute approximate surface area is 162 Å². The summed E-state index contributed by atoms with van der Waals surface area (Å²) in [6.07, 6.45) is 0. The van der Waals surface area contributed by atoms with Gasteiger partial charge in [-0.05, 0) is 27.4 Å². The van der Waals surface area contributed by atoms with E-state index in [1.54, 1.807) is 0 Å². The summed E-state index contributed by atoms with van der Waals surface area (Å²) < 4.78 is 6.22. The molecular formula is C19H25BrN4O2. The molecule has 6 nitrogen and oxygen atoms in total. The molecule has 140 valence electrons. The van der Waals surface area contributed by atoms with Gasteiger partial charge in [0.05, 0.1) is 29.4 Å². The van der Waals surface area contributed by atoms with Gasteiger partial charge in [0.25, 0.3) is 5.91 Å². The molecule has 1 aliphatic rings. The van der Waals surface area contributed by atoms with Gasteiger partial charge in [-0.2, -0.15) is 5.10 Å². The second kappa shape index (κ2) is 8.79. The summed E-state index contributed by atoms with van der Waals surface area (Å²) >= 11 is 3.50. The monoisotopic (exact) mass is 420 g/mol. The third-order valence-electron chi connectivity index (χ3n) is 4.65. The fourth-order valence-electron chi connectivity index (χ4n) is 3.17. The van der Waals surface area contributed by atoms with Crippen LogP contribution in [0.5, 0.6) is 0 Å². The van der Waals surface area contributed by atoms with Crippen LogP contribution in [0.2, 0.25) is 0 Å². The van der Waals surface area contributed by atoms with Crippen LogP contribution in [0.25, 0.3) is 0 Å². The summed E-state index contributed by atoms with van der Waals surface area (Å²) in [5, 5.41) is 10.2. The van der Waals surface area contributed by atoms with Crippen molar-refractivity contribution in [2.45, 2.75) is 25.8 Å². The van der Waals surface area contributed by atoms with Gasteiger partial charge in [0, 0.05) is 19.6 Å². The number of hydrogen-bond acceptors (Lipinski definition) is 4. The number of nitrogens with zero attached hydrogens (tertiary/aromatic N) is 2. The van der Waals surface area contributed by atoms with Crippen LogP contribution in [-0.4, -0.2) is 53.9 Å². The number of hydrogen-bond donors (Lipinski definition) is 2. The lowest BCUT2D eigenvalue weighted by molar-refractivity contribution is 0.0162. The Morgan fingerprint density at radius 3 is 2.62 bits per heavy atom. The Morgan fingerprint density at radius 2 is 2.00 bits per heavy atom. The van der Waals surface area contributed by atoms with Crippen LogP contribution in [0.3, 0.4) is 0 Å². The number of amides is 1. The van der Waals surface area contributed by atoms with Crippen LogP contribution < -0.4 is 5.32 Å². The number of carbonyl (C=O) groups excluding carboxylic acids is 1. The first-order valence-electron chi connectivity index (χ1n) is 8.96. The lowest BCUT2D eigenvalue weighted by Crippen LogP contribution is -2.43. The minimum atomic E-state index is -0.172. The average molecular weight is 421 g/mol. The van der Waals surface area contributed by atoms with Gasteiger partial charge in [-0.25, -0.2) is 0 Å². The first-order chi connectivity index (χ1) is 12.6. The maximum Gasteiger partial charge on any atom is 0.273 e. The molecule has 1 aliphatic heterocycles. The lowest BCUT2D eigenvalue weighted by atomic mass is 10.0. The molecule has 2 aromatic rings. The van der Waals surface area contributed by atoms with Gasteiger partial charge in [-0.1, -0.05) is 44.2 Å². The molecular weight excluding hydrogens is 396 g/mol. The third-order valence-corrected chi connectivity index (χ3v) is 5.45. The second-order valence-corrected chi connectivity index (χ2v) is 7.53. The Kier molecular flexibility index (Phi) is 6.45. The molecule has 0 spiro atoms. The van der Waals surface area contributed by atoms with Gasteiger partial charge in [-0.3, -0.25) is 14.8 Å². The summed E-state index contributed by atoms with van der Waals surface area (Å²) in [4.78, 5) is 15.0.